The number of ether oxygens (including phenoxy) is 1. The molecular weight excluding hydrogens is 302 g/mol. The molecule has 0 bridgehead atoms. The molecule has 2 rings (SSSR count). The number of halogens is 1. The summed E-state index contributed by atoms with van der Waals surface area (Å²) in [5.74, 6) is 1.59. The third-order valence-corrected chi connectivity index (χ3v) is 4.84. The lowest BCUT2D eigenvalue weighted by Crippen LogP contribution is -2.02. The predicted molar refractivity (Wildman–Crippen MR) is 80.4 cm³/mol. The van der Waals surface area contributed by atoms with Crippen LogP contribution in [0, 0.1) is 6.92 Å². The van der Waals surface area contributed by atoms with Gasteiger partial charge in [-0.05, 0) is 25.1 Å². The maximum Gasteiger partial charge on any atom is 0.123 e. The lowest BCUT2D eigenvalue weighted by molar-refractivity contribution is 0.411. The van der Waals surface area contributed by atoms with Gasteiger partial charge in [0.25, 0.3) is 0 Å². The predicted octanol–water partition coefficient (Wildman–Crippen LogP) is 3.56. The summed E-state index contributed by atoms with van der Waals surface area (Å²) >= 11 is 7.53. The first-order valence-corrected chi connectivity index (χ1v) is 8.41. The van der Waals surface area contributed by atoms with Crippen molar-refractivity contribution in [2.75, 3.05) is 7.11 Å². The maximum absolute atomic E-state index is 12.1. The molecule has 3 nitrogen and oxygen atoms in total. The lowest BCUT2D eigenvalue weighted by atomic mass is 10.2. The quantitative estimate of drug-likeness (QED) is 0.847. The van der Waals surface area contributed by atoms with Crippen molar-refractivity contribution in [1.29, 1.82) is 0 Å². The lowest BCUT2D eigenvalue weighted by Gasteiger charge is -2.08. The van der Waals surface area contributed by atoms with Crippen LogP contribution in [0.1, 0.15) is 16.3 Å². The monoisotopic (exact) mass is 315 g/mol. The first-order valence-electron chi connectivity index (χ1n) is 5.67. The molecule has 102 valence electrons. The van der Waals surface area contributed by atoms with Crippen LogP contribution in [0.4, 0.5) is 0 Å². The number of aryl methyl sites for hydroxylation is 1. The molecule has 19 heavy (non-hydrogen) atoms. The molecule has 0 saturated heterocycles. The second-order valence-corrected chi connectivity index (χ2v) is 7.00. The van der Waals surface area contributed by atoms with E-state index in [1.807, 2.05) is 12.3 Å². The number of hydrogen-bond acceptors (Lipinski definition) is 4. The fourth-order valence-electron chi connectivity index (χ4n) is 1.72. The zero-order valence-corrected chi connectivity index (χ0v) is 13.1. The van der Waals surface area contributed by atoms with E-state index in [1.54, 1.807) is 36.6 Å². The molecule has 1 heterocycles. The Labute approximate surface area is 124 Å². The van der Waals surface area contributed by atoms with Crippen LogP contribution in [0.2, 0.25) is 5.02 Å². The van der Waals surface area contributed by atoms with Gasteiger partial charge in [0, 0.05) is 26.8 Å². The molecule has 0 aliphatic rings. The summed E-state index contributed by atoms with van der Waals surface area (Å²) in [4.78, 5) is 4.32. The molecule has 1 atom stereocenters. The van der Waals surface area contributed by atoms with Crippen LogP contribution < -0.4 is 4.74 Å². The molecule has 1 aromatic heterocycles. The van der Waals surface area contributed by atoms with Gasteiger partial charge in [-0.15, -0.1) is 11.3 Å². The first-order chi connectivity index (χ1) is 9.08. The van der Waals surface area contributed by atoms with Gasteiger partial charge < -0.3 is 4.74 Å². The minimum absolute atomic E-state index is 0.417. The highest BCUT2D eigenvalue weighted by molar-refractivity contribution is 7.83. The van der Waals surface area contributed by atoms with Gasteiger partial charge in [-0.3, -0.25) is 4.21 Å². The molecule has 0 spiro atoms. The van der Waals surface area contributed by atoms with Crippen LogP contribution in [0.5, 0.6) is 5.75 Å². The van der Waals surface area contributed by atoms with E-state index in [-0.39, 0.29) is 0 Å². The number of hydrogen-bond donors (Lipinski definition) is 0. The summed E-state index contributed by atoms with van der Waals surface area (Å²) in [5.41, 5.74) is 1.74. The average Bonchev–Trinajstić information content (AvgIpc) is 2.75. The number of aromatic nitrogens is 1. The van der Waals surface area contributed by atoms with Crippen LogP contribution in [-0.4, -0.2) is 16.3 Å². The highest BCUT2D eigenvalue weighted by Gasteiger charge is 2.10. The van der Waals surface area contributed by atoms with Crippen LogP contribution in [-0.2, 0) is 22.3 Å². The SMILES string of the molecule is COc1ccc(Cl)cc1C[S@](=O)Cc1csc(C)n1. The summed E-state index contributed by atoms with van der Waals surface area (Å²) in [7, 11) is 0.573. The number of benzene rings is 1. The molecule has 0 amide bonds. The normalized spacial score (nSPS) is 12.4. The molecule has 0 N–H and O–H groups in total. The molecule has 0 radical (unpaired) electrons. The summed E-state index contributed by atoms with van der Waals surface area (Å²) in [6.07, 6.45) is 0. The van der Waals surface area contributed by atoms with Crippen LogP contribution >= 0.6 is 22.9 Å². The average molecular weight is 316 g/mol. The molecule has 0 unspecified atom stereocenters. The fourth-order valence-corrected chi connectivity index (χ4v) is 3.79. The third-order valence-electron chi connectivity index (χ3n) is 2.53. The minimum atomic E-state index is -1.02. The van der Waals surface area contributed by atoms with Gasteiger partial charge >= 0.3 is 0 Å². The van der Waals surface area contributed by atoms with Gasteiger partial charge in [-0.1, -0.05) is 11.6 Å². The first kappa shape index (κ1) is 14.5. The topological polar surface area (TPSA) is 39.2 Å². The molecule has 0 aliphatic heterocycles. The number of methoxy groups -OCH3 is 1. The van der Waals surface area contributed by atoms with E-state index in [0.717, 1.165) is 16.3 Å². The molecule has 6 heteroatoms. The summed E-state index contributed by atoms with van der Waals surface area (Å²) < 4.78 is 17.4. The summed E-state index contributed by atoms with van der Waals surface area (Å²) in [6.45, 7) is 1.94. The molecular formula is C13H14ClNO2S2. The van der Waals surface area contributed by atoms with Crippen molar-refractivity contribution in [2.45, 2.75) is 18.4 Å². The van der Waals surface area contributed by atoms with Gasteiger partial charge in [0.15, 0.2) is 0 Å². The summed E-state index contributed by atoms with van der Waals surface area (Å²) in [5, 5.41) is 3.56. The van der Waals surface area contributed by atoms with E-state index in [2.05, 4.69) is 4.98 Å². The second-order valence-electron chi connectivity index (χ2n) is 4.04. The van der Waals surface area contributed by atoms with Gasteiger partial charge in [0.1, 0.15) is 5.75 Å². The van der Waals surface area contributed by atoms with E-state index < -0.39 is 10.8 Å². The van der Waals surface area contributed by atoms with Crippen molar-refractivity contribution < 1.29 is 8.95 Å². The van der Waals surface area contributed by atoms with Crippen LogP contribution in [0.15, 0.2) is 23.6 Å². The smallest absolute Gasteiger partial charge is 0.123 e. The number of nitrogens with zero attached hydrogens (tertiary/aromatic N) is 1. The van der Waals surface area contributed by atoms with Crippen molar-refractivity contribution in [2.24, 2.45) is 0 Å². The van der Waals surface area contributed by atoms with Gasteiger partial charge in [-0.25, -0.2) is 4.98 Å². The Morgan fingerprint density at radius 2 is 2.21 bits per heavy atom. The Balaban J connectivity index is 2.08. The van der Waals surface area contributed by atoms with E-state index in [1.165, 1.54) is 0 Å². The van der Waals surface area contributed by atoms with Gasteiger partial charge in [0.2, 0.25) is 0 Å². The third kappa shape index (κ3) is 4.03. The molecule has 0 saturated carbocycles. The van der Waals surface area contributed by atoms with Crippen molar-refractivity contribution >= 4 is 33.7 Å². The number of thiazole rings is 1. The second kappa shape index (κ2) is 6.50. The molecule has 0 aliphatic carbocycles. The van der Waals surface area contributed by atoms with Gasteiger partial charge in [-0.2, -0.15) is 0 Å². The van der Waals surface area contributed by atoms with Crippen molar-refractivity contribution in [3.8, 4) is 5.75 Å². The summed E-state index contributed by atoms with van der Waals surface area (Å²) in [6, 6.07) is 5.35. The largest absolute Gasteiger partial charge is 0.496 e. The van der Waals surface area contributed by atoms with Crippen LogP contribution in [0.3, 0.4) is 0 Å². The van der Waals surface area contributed by atoms with Crippen molar-refractivity contribution in [1.82, 2.24) is 4.98 Å². The highest BCUT2D eigenvalue weighted by atomic mass is 35.5. The zero-order valence-electron chi connectivity index (χ0n) is 10.7. The maximum atomic E-state index is 12.1. The van der Waals surface area contributed by atoms with Crippen molar-refractivity contribution in [3.63, 3.8) is 0 Å². The van der Waals surface area contributed by atoms with E-state index in [4.69, 9.17) is 16.3 Å². The number of rotatable bonds is 5. The van der Waals surface area contributed by atoms with Gasteiger partial charge in [0.05, 0.1) is 29.3 Å². The van der Waals surface area contributed by atoms with Crippen molar-refractivity contribution in [3.05, 3.63) is 44.9 Å². The molecule has 0 fully saturated rings. The Bertz CT molecular complexity index is 598. The standard InChI is InChI=1S/C13H14ClNO2S2/c1-9-15-12(6-18-9)8-19(16)7-10-5-11(14)3-4-13(10)17-2/h3-6H,7-8H2,1-2H3/t19-/m0/s1. The van der Waals surface area contributed by atoms with Crippen LogP contribution in [0.25, 0.3) is 0 Å². The van der Waals surface area contributed by atoms with E-state index in [9.17, 15) is 4.21 Å². The Kier molecular flexibility index (Phi) is 4.96. The molecule has 1 aromatic carbocycles. The van der Waals surface area contributed by atoms with E-state index >= 15 is 0 Å². The fraction of sp³-hybridized carbons (Fsp3) is 0.308. The Morgan fingerprint density at radius 3 is 2.84 bits per heavy atom. The highest BCUT2D eigenvalue weighted by Crippen LogP contribution is 2.24. The Hall–Kier alpha value is -0.910. The minimum Gasteiger partial charge on any atom is -0.496 e. The molecule has 2 aromatic rings. The zero-order chi connectivity index (χ0) is 13.8. The Morgan fingerprint density at radius 1 is 1.42 bits per heavy atom. The van der Waals surface area contributed by atoms with E-state index in [0.29, 0.717) is 22.3 Å².